The Hall–Kier alpha value is -3.20. The summed E-state index contributed by atoms with van der Waals surface area (Å²) in [6, 6.07) is 27.4. The van der Waals surface area contributed by atoms with Crippen molar-refractivity contribution in [2.45, 2.75) is 24.4 Å². The van der Waals surface area contributed by atoms with Crippen LogP contribution in [0, 0.1) is 6.92 Å². The summed E-state index contributed by atoms with van der Waals surface area (Å²) in [7, 11) is -3.65. The van der Waals surface area contributed by atoms with Gasteiger partial charge in [0, 0.05) is 16.8 Å². The Kier molecular flexibility index (Phi) is 7.39. The molecule has 1 heterocycles. The molecule has 0 amide bonds. The number of hydrogen-bond donors (Lipinski definition) is 1. The maximum absolute atomic E-state index is 12.5. The van der Waals surface area contributed by atoms with Crippen LogP contribution in [0.2, 0.25) is 0 Å². The minimum atomic E-state index is -3.65. The Bertz CT molecular complexity index is 1320. The zero-order valence-corrected chi connectivity index (χ0v) is 19.8. The summed E-state index contributed by atoms with van der Waals surface area (Å²) in [4.78, 5) is 0. The van der Waals surface area contributed by atoms with E-state index in [0.29, 0.717) is 11.0 Å². The van der Waals surface area contributed by atoms with Gasteiger partial charge < -0.3 is 0 Å². The van der Waals surface area contributed by atoms with Gasteiger partial charge in [-0.05, 0) is 36.3 Å². The quantitative estimate of drug-likeness (QED) is 0.346. The number of aryl methyl sites for hydroxylation is 1. The number of hydrogen-bond acceptors (Lipinski definition) is 5. The van der Waals surface area contributed by atoms with Crippen LogP contribution in [-0.2, 0) is 22.3 Å². The first kappa shape index (κ1) is 23.0. The van der Waals surface area contributed by atoms with Crippen LogP contribution in [0.15, 0.2) is 95.5 Å². The van der Waals surface area contributed by atoms with Crippen LogP contribution in [0.3, 0.4) is 0 Å². The summed E-state index contributed by atoms with van der Waals surface area (Å²) >= 11 is 1.56. The van der Waals surface area contributed by atoms with E-state index in [-0.39, 0.29) is 6.54 Å². The van der Waals surface area contributed by atoms with E-state index in [9.17, 15) is 8.42 Å². The number of nitrogens with zero attached hydrogens (tertiary/aromatic N) is 3. The lowest BCUT2D eigenvalue weighted by Gasteiger charge is -2.11. The molecule has 8 heteroatoms. The van der Waals surface area contributed by atoms with E-state index in [2.05, 4.69) is 27.1 Å². The Labute approximate surface area is 198 Å². The predicted molar refractivity (Wildman–Crippen MR) is 133 cm³/mol. The standard InChI is InChI=1S/C25H24N4O2S2/c1-20-12-14-23(15-13-20)29-24(27-28-25(29)32-19-22-10-6-3-7-11-22)18-26-33(30,31)17-16-21-8-4-2-5-9-21/h2-17,26H,18-19H2,1H3/b17-16+. The number of aromatic nitrogens is 3. The number of sulfonamides is 1. The minimum Gasteiger partial charge on any atom is -0.273 e. The average Bonchev–Trinajstić information content (AvgIpc) is 3.25. The van der Waals surface area contributed by atoms with Gasteiger partial charge in [0.2, 0.25) is 10.0 Å². The summed E-state index contributed by atoms with van der Waals surface area (Å²) in [5.74, 6) is 1.25. The van der Waals surface area contributed by atoms with Gasteiger partial charge in [-0.15, -0.1) is 10.2 Å². The first-order valence-corrected chi connectivity index (χ1v) is 12.9. The molecule has 0 aliphatic rings. The topological polar surface area (TPSA) is 76.9 Å². The van der Waals surface area contributed by atoms with Crippen LogP contribution in [0.25, 0.3) is 11.8 Å². The smallest absolute Gasteiger partial charge is 0.234 e. The van der Waals surface area contributed by atoms with Gasteiger partial charge in [-0.1, -0.05) is 90.1 Å². The van der Waals surface area contributed by atoms with Crippen molar-refractivity contribution in [1.82, 2.24) is 19.5 Å². The molecular formula is C25H24N4O2S2. The fourth-order valence-corrected chi connectivity index (χ4v) is 4.82. The van der Waals surface area contributed by atoms with Crippen LogP contribution in [0.4, 0.5) is 0 Å². The highest BCUT2D eigenvalue weighted by Crippen LogP contribution is 2.25. The second-order valence-electron chi connectivity index (χ2n) is 7.42. The first-order valence-electron chi connectivity index (χ1n) is 10.4. The molecule has 0 radical (unpaired) electrons. The van der Waals surface area contributed by atoms with Crippen molar-refractivity contribution in [1.29, 1.82) is 0 Å². The molecule has 33 heavy (non-hydrogen) atoms. The summed E-state index contributed by atoms with van der Waals surface area (Å²) in [5.41, 5.74) is 4.01. The molecule has 4 rings (SSSR count). The van der Waals surface area contributed by atoms with Crippen LogP contribution < -0.4 is 4.72 Å². The van der Waals surface area contributed by atoms with E-state index in [1.54, 1.807) is 17.8 Å². The summed E-state index contributed by atoms with van der Waals surface area (Å²) in [5, 5.41) is 10.5. The van der Waals surface area contributed by atoms with Crippen molar-refractivity contribution in [3.05, 3.63) is 113 Å². The first-order chi connectivity index (χ1) is 16.0. The molecular weight excluding hydrogens is 452 g/mol. The zero-order valence-electron chi connectivity index (χ0n) is 18.1. The molecule has 0 spiro atoms. The van der Waals surface area contributed by atoms with Crippen LogP contribution in [0.1, 0.15) is 22.5 Å². The van der Waals surface area contributed by atoms with Crippen molar-refractivity contribution in [3.63, 3.8) is 0 Å². The fraction of sp³-hybridized carbons (Fsp3) is 0.120. The highest BCUT2D eigenvalue weighted by molar-refractivity contribution is 7.98. The van der Waals surface area contributed by atoms with Gasteiger partial charge in [0.05, 0.1) is 6.54 Å². The van der Waals surface area contributed by atoms with Crippen molar-refractivity contribution in [2.24, 2.45) is 0 Å². The maximum atomic E-state index is 12.5. The third kappa shape index (κ3) is 6.41. The van der Waals surface area contributed by atoms with Gasteiger partial charge in [-0.25, -0.2) is 13.1 Å². The van der Waals surface area contributed by atoms with Gasteiger partial charge in [-0.2, -0.15) is 0 Å². The van der Waals surface area contributed by atoms with Crippen LogP contribution in [0.5, 0.6) is 0 Å². The average molecular weight is 477 g/mol. The van der Waals surface area contributed by atoms with Crippen molar-refractivity contribution in [2.75, 3.05) is 0 Å². The third-order valence-corrected chi connectivity index (χ3v) is 6.92. The SMILES string of the molecule is Cc1ccc(-n2c(CNS(=O)(=O)/C=C/c3ccccc3)nnc2SCc2ccccc2)cc1. The molecule has 3 aromatic carbocycles. The highest BCUT2D eigenvalue weighted by atomic mass is 32.2. The molecule has 168 valence electrons. The summed E-state index contributed by atoms with van der Waals surface area (Å²) < 4.78 is 29.6. The fourth-order valence-electron chi connectivity index (χ4n) is 3.13. The maximum Gasteiger partial charge on any atom is 0.234 e. The van der Waals surface area contributed by atoms with E-state index in [1.807, 2.05) is 84.3 Å². The van der Waals surface area contributed by atoms with Crippen LogP contribution in [-0.4, -0.2) is 23.2 Å². The monoisotopic (exact) mass is 476 g/mol. The number of nitrogens with one attached hydrogen (secondary N) is 1. The minimum absolute atomic E-state index is 0.0221. The molecule has 0 saturated carbocycles. The van der Waals surface area contributed by atoms with Gasteiger partial charge in [0.1, 0.15) is 0 Å². The molecule has 0 aliphatic heterocycles. The number of benzene rings is 3. The Morgan fingerprint density at radius 2 is 1.58 bits per heavy atom. The van der Waals surface area contributed by atoms with Gasteiger partial charge in [0.15, 0.2) is 11.0 Å². The second-order valence-corrected chi connectivity index (χ2v) is 10.0. The lowest BCUT2D eigenvalue weighted by atomic mass is 10.2. The lowest BCUT2D eigenvalue weighted by Crippen LogP contribution is -2.22. The number of thioether (sulfide) groups is 1. The molecule has 0 fully saturated rings. The molecule has 4 aromatic rings. The van der Waals surface area contributed by atoms with E-state index in [4.69, 9.17) is 0 Å². The highest BCUT2D eigenvalue weighted by Gasteiger charge is 2.16. The Morgan fingerprint density at radius 3 is 2.27 bits per heavy atom. The van der Waals surface area contributed by atoms with Crippen LogP contribution >= 0.6 is 11.8 Å². The molecule has 1 N–H and O–H groups in total. The zero-order chi connectivity index (χ0) is 23.1. The van der Waals surface area contributed by atoms with Gasteiger partial charge in [-0.3, -0.25) is 4.57 Å². The summed E-state index contributed by atoms with van der Waals surface area (Å²) in [6.45, 7) is 2.04. The predicted octanol–water partition coefficient (Wildman–Crippen LogP) is 4.96. The molecule has 0 bridgehead atoms. The molecule has 0 saturated heterocycles. The second kappa shape index (κ2) is 10.6. The molecule has 0 aliphatic carbocycles. The van der Waals surface area contributed by atoms with Gasteiger partial charge >= 0.3 is 0 Å². The largest absolute Gasteiger partial charge is 0.273 e. The number of rotatable bonds is 9. The Balaban J connectivity index is 1.55. The van der Waals surface area contributed by atoms with E-state index in [0.717, 1.165) is 22.6 Å². The van der Waals surface area contributed by atoms with E-state index < -0.39 is 10.0 Å². The Morgan fingerprint density at radius 1 is 0.909 bits per heavy atom. The molecule has 0 atom stereocenters. The van der Waals surface area contributed by atoms with Crippen molar-refractivity contribution in [3.8, 4) is 5.69 Å². The van der Waals surface area contributed by atoms with Crippen molar-refractivity contribution < 1.29 is 8.42 Å². The summed E-state index contributed by atoms with van der Waals surface area (Å²) in [6.07, 6.45) is 1.56. The van der Waals surface area contributed by atoms with E-state index >= 15 is 0 Å². The molecule has 6 nitrogen and oxygen atoms in total. The molecule has 0 unspecified atom stereocenters. The lowest BCUT2D eigenvalue weighted by molar-refractivity contribution is 0.587. The third-order valence-electron chi connectivity index (χ3n) is 4.87. The van der Waals surface area contributed by atoms with Crippen molar-refractivity contribution >= 4 is 27.9 Å². The van der Waals surface area contributed by atoms with E-state index in [1.165, 1.54) is 11.0 Å². The normalized spacial score (nSPS) is 11.8. The van der Waals surface area contributed by atoms with Gasteiger partial charge in [0.25, 0.3) is 0 Å². The molecule has 1 aromatic heterocycles.